The Balaban J connectivity index is 2.53. The summed E-state index contributed by atoms with van der Waals surface area (Å²) in [6.07, 6.45) is 7.55. The number of nitrogens with two attached hydrogens (primary N) is 1. The van der Waals surface area contributed by atoms with Crippen molar-refractivity contribution in [1.29, 1.82) is 10.7 Å². The molecular weight excluding hydrogens is 345 g/mol. The molecule has 1 aromatic rings. The zero-order chi connectivity index (χ0) is 20.1. The molecule has 0 aliphatic carbocycles. The summed E-state index contributed by atoms with van der Waals surface area (Å²) in [5.74, 6) is -0.191. The zero-order valence-corrected chi connectivity index (χ0v) is 15.3. The number of aliphatic imine (C=N–C) groups is 1. The van der Waals surface area contributed by atoms with E-state index in [1.54, 1.807) is 19.2 Å². The fourth-order valence-electron chi connectivity index (χ4n) is 2.20. The van der Waals surface area contributed by atoms with Crippen molar-refractivity contribution in [3.05, 3.63) is 59.6 Å². The van der Waals surface area contributed by atoms with Crippen LogP contribution in [0.15, 0.2) is 53.2 Å². The number of nitrogens with one attached hydrogen (secondary N) is 2. The summed E-state index contributed by atoms with van der Waals surface area (Å²) in [4.78, 5) is 14.3. The number of hydrogen-bond acceptors (Lipinski definition) is 4. The Labute approximate surface area is 158 Å². The number of halogens is 1. The van der Waals surface area contributed by atoms with Gasteiger partial charge in [0, 0.05) is 18.7 Å². The molecule has 142 valence electrons. The van der Waals surface area contributed by atoms with E-state index in [2.05, 4.69) is 16.4 Å². The van der Waals surface area contributed by atoms with Crippen molar-refractivity contribution in [3.63, 3.8) is 0 Å². The van der Waals surface area contributed by atoms with Crippen molar-refractivity contribution in [2.45, 2.75) is 26.2 Å². The molecule has 7 heteroatoms. The Bertz CT molecular complexity index is 760. The highest BCUT2D eigenvalue weighted by Gasteiger charge is 2.05. The lowest BCUT2D eigenvalue weighted by molar-refractivity contribution is -0.109. The largest absolute Gasteiger partial charge is 0.383 e. The lowest BCUT2D eigenvalue weighted by Crippen LogP contribution is -2.15. The lowest BCUT2D eigenvalue weighted by atomic mass is 10.0. The van der Waals surface area contributed by atoms with Gasteiger partial charge in [-0.3, -0.25) is 4.79 Å². The van der Waals surface area contributed by atoms with Gasteiger partial charge >= 0.3 is 0 Å². The molecular formula is C20H24FN5O. The minimum atomic E-state index is -0.350. The van der Waals surface area contributed by atoms with Gasteiger partial charge in [0.1, 0.15) is 11.7 Å². The van der Waals surface area contributed by atoms with Gasteiger partial charge in [-0.2, -0.15) is 5.26 Å². The molecule has 0 heterocycles. The molecule has 1 atom stereocenters. The van der Waals surface area contributed by atoms with Gasteiger partial charge in [0.25, 0.3) is 0 Å². The van der Waals surface area contributed by atoms with E-state index in [9.17, 15) is 9.18 Å². The first-order valence-electron chi connectivity index (χ1n) is 8.56. The van der Waals surface area contributed by atoms with Crippen LogP contribution in [0.1, 0.15) is 31.7 Å². The first kappa shape index (κ1) is 21.8. The van der Waals surface area contributed by atoms with E-state index >= 15 is 0 Å². The molecule has 0 aliphatic heterocycles. The van der Waals surface area contributed by atoms with Crippen LogP contribution in [0.3, 0.4) is 0 Å². The van der Waals surface area contributed by atoms with Crippen LogP contribution in [0, 0.1) is 28.5 Å². The van der Waals surface area contributed by atoms with E-state index < -0.39 is 0 Å². The number of nitrogens with zero attached hydrogens (tertiary/aromatic N) is 2. The molecule has 0 bridgehead atoms. The summed E-state index contributed by atoms with van der Waals surface area (Å²) in [7, 11) is 0. The molecule has 0 aromatic heterocycles. The van der Waals surface area contributed by atoms with E-state index in [4.69, 9.17) is 16.4 Å². The fraction of sp³-hybridized carbons (Fsp3) is 0.300. The van der Waals surface area contributed by atoms with Gasteiger partial charge in [0.2, 0.25) is 6.41 Å². The lowest BCUT2D eigenvalue weighted by Gasteiger charge is -2.05. The molecule has 0 saturated heterocycles. The first-order valence-corrected chi connectivity index (χ1v) is 8.56. The summed E-state index contributed by atoms with van der Waals surface area (Å²) in [6, 6.07) is 7.88. The van der Waals surface area contributed by atoms with Gasteiger partial charge in [-0.1, -0.05) is 6.08 Å². The quantitative estimate of drug-likeness (QED) is 0.241. The van der Waals surface area contributed by atoms with Crippen LogP contribution < -0.4 is 11.1 Å². The fourth-order valence-corrected chi connectivity index (χ4v) is 2.20. The van der Waals surface area contributed by atoms with Crippen LogP contribution in [0.25, 0.3) is 0 Å². The van der Waals surface area contributed by atoms with Crippen LogP contribution in [0.4, 0.5) is 4.39 Å². The maximum atomic E-state index is 12.9. The summed E-state index contributed by atoms with van der Waals surface area (Å²) < 4.78 is 12.9. The van der Waals surface area contributed by atoms with Crippen LogP contribution in [0.5, 0.6) is 0 Å². The van der Waals surface area contributed by atoms with Gasteiger partial charge in [0.05, 0.1) is 11.8 Å². The topological polar surface area (TPSA) is 115 Å². The molecule has 1 amide bonds. The third-order valence-electron chi connectivity index (χ3n) is 3.82. The Morgan fingerprint density at radius 3 is 2.74 bits per heavy atom. The van der Waals surface area contributed by atoms with Crippen LogP contribution in [0.2, 0.25) is 0 Å². The molecule has 1 rings (SSSR count). The third-order valence-corrected chi connectivity index (χ3v) is 3.82. The molecule has 27 heavy (non-hydrogen) atoms. The third kappa shape index (κ3) is 8.59. The van der Waals surface area contributed by atoms with Crippen molar-refractivity contribution in [1.82, 2.24) is 5.32 Å². The van der Waals surface area contributed by atoms with Crippen molar-refractivity contribution in [2.75, 3.05) is 6.54 Å². The average molecular weight is 369 g/mol. The maximum Gasteiger partial charge on any atom is 0.207 e. The van der Waals surface area contributed by atoms with Gasteiger partial charge in [-0.25, -0.2) is 9.38 Å². The molecule has 1 unspecified atom stereocenters. The van der Waals surface area contributed by atoms with Gasteiger partial charge in [-0.05, 0) is 67.7 Å². The van der Waals surface area contributed by atoms with E-state index in [1.807, 2.05) is 6.08 Å². The second kappa shape index (κ2) is 12.1. The Hall–Kier alpha value is -3.27. The molecule has 6 nitrogen and oxygen atoms in total. The van der Waals surface area contributed by atoms with E-state index in [0.717, 1.165) is 0 Å². The number of carbonyl (C=O) groups is 1. The van der Waals surface area contributed by atoms with Gasteiger partial charge < -0.3 is 16.5 Å². The zero-order valence-electron chi connectivity index (χ0n) is 15.3. The Morgan fingerprint density at radius 1 is 1.41 bits per heavy atom. The molecule has 0 aliphatic rings. The van der Waals surface area contributed by atoms with Gasteiger partial charge in [0.15, 0.2) is 0 Å². The molecule has 0 saturated carbocycles. The highest BCUT2D eigenvalue weighted by molar-refractivity contribution is 6.11. The Kier molecular flexibility index (Phi) is 9.79. The van der Waals surface area contributed by atoms with Crippen molar-refractivity contribution in [2.24, 2.45) is 16.6 Å². The molecule has 0 spiro atoms. The normalized spacial score (nSPS) is 13.2. The van der Waals surface area contributed by atoms with Gasteiger partial charge in [-0.15, -0.1) is 0 Å². The standard InChI is InChI=1S/C20H24FN5O/c1-15(12-19(23)17-5-7-18(21)8-6-17)20(24)26-10-3-2-4-16(13-22)9-11-25-14-27/h3,5-8,10,12,14,16,23H,2,4,9,11H2,1H3,(H2,24,26)(H,25,27)/b10-3+,15-12-,23-19?. The van der Waals surface area contributed by atoms with E-state index in [-0.39, 0.29) is 23.3 Å². The number of allylic oxidation sites excluding steroid dienone is 2. The Morgan fingerprint density at radius 2 is 2.11 bits per heavy atom. The predicted octanol–water partition coefficient (Wildman–Crippen LogP) is 3.07. The SMILES string of the molecule is CC(=C/C(=N)c1ccc(F)cc1)/C(N)=N/C=C/CCC(C#N)CCNC=O. The minimum Gasteiger partial charge on any atom is -0.383 e. The highest BCUT2D eigenvalue weighted by atomic mass is 19.1. The second-order valence-electron chi connectivity index (χ2n) is 5.91. The molecule has 4 N–H and O–H groups in total. The number of rotatable bonds is 11. The first-order chi connectivity index (χ1) is 13.0. The highest BCUT2D eigenvalue weighted by Crippen LogP contribution is 2.10. The van der Waals surface area contributed by atoms with Crippen molar-refractivity contribution < 1.29 is 9.18 Å². The molecule has 0 fully saturated rings. The number of carbonyl (C=O) groups excluding carboxylic acids is 1. The number of hydrogen-bond donors (Lipinski definition) is 3. The summed E-state index contributed by atoms with van der Waals surface area (Å²) >= 11 is 0. The number of amidine groups is 1. The summed E-state index contributed by atoms with van der Waals surface area (Å²) in [5, 5.41) is 19.6. The summed E-state index contributed by atoms with van der Waals surface area (Å²) in [6.45, 7) is 2.23. The van der Waals surface area contributed by atoms with Crippen LogP contribution in [-0.2, 0) is 4.79 Å². The minimum absolute atomic E-state index is 0.124. The second-order valence-corrected chi connectivity index (χ2v) is 5.91. The monoisotopic (exact) mass is 369 g/mol. The predicted molar refractivity (Wildman–Crippen MR) is 105 cm³/mol. The molecule has 1 aromatic carbocycles. The number of amides is 1. The van der Waals surface area contributed by atoms with Crippen molar-refractivity contribution >= 4 is 18.0 Å². The number of benzene rings is 1. The van der Waals surface area contributed by atoms with Crippen molar-refractivity contribution in [3.8, 4) is 6.07 Å². The van der Waals surface area contributed by atoms with E-state index in [1.165, 1.54) is 24.3 Å². The van der Waals surface area contributed by atoms with E-state index in [0.29, 0.717) is 43.4 Å². The maximum absolute atomic E-state index is 12.9. The average Bonchev–Trinajstić information content (AvgIpc) is 2.66. The molecule has 0 radical (unpaired) electrons. The van der Waals surface area contributed by atoms with Crippen LogP contribution in [-0.4, -0.2) is 24.5 Å². The number of nitriles is 1. The smallest absolute Gasteiger partial charge is 0.207 e. The van der Waals surface area contributed by atoms with Crippen LogP contribution >= 0.6 is 0 Å². The summed E-state index contributed by atoms with van der Waals surface area (Å²) in [5.41, 5.74) is 7.33.